The average Bonchev–Trinajstić information content (AvgIpc) is 2.95. The molecule has 7 heteroatoms. The van der Waals surface area contributed by atoms with E-state index in [4.69, 9.17) is 9.47 Å². The van der Waals surface area contributed by atoms with Crippen molar-refractivity contribution in [2.45, 2.75) is 19.8 Å². The summed E-state index contributed by atoms with van der Waals surface area (Å²) in [5, 5.41) is 5.97. The topological polar surface area (TPSA) is 60.0 Å². The third-order valence-corrected chi connectivity index (χ3v) is 2.59. The Balaban J connectivity index is 2.28. The minimum absolute atomic E-state index is 0.195. The van der Waals surface area contributed by atoms with Gasteiger partial charge in [0.2, 0.25) is 0 Å². The van der Waals surface area contributed by atoms with Crippen LogP contribution < -0.4 is 9.47 Å². The van der Waals surface area contributed by atoms with E-state index in [2.05, 4.69) is 15.2 Å². The molecule has 0 aliphatic rings. The molecule has 1 N–H and O–H groups in total. The Labute approximate surface area is 114 Å². The second kappa shape index (κ2) is 6.31. The molecule has 0 unspecified atom stereocenters. The predicted octanol–water partition coefficient (Wildman–Crippen LogP) is 3.21. The molecule has 108 valence electrons. The zero-order valence-corrected chi connectivity index (χ0v) is 11.2. The molecule has 0 amide bonds. The average molecular weight is 283 g/mol. The van der Waals surface area contributed by atoms with Crippen LogP contribution in [-0.2, 0) is 0 Å². The minimum atomic E-state index is -2.68. The largest absolute Gasteiger partial charge is 0.493 e. The summed E-state index contributed by atoms with van der Waals surface area (Å²) in [6.07, 6.45) is -1.80. The third-order valence-electron chi connectivity index (χ3n) is 2.59. The van der Waals surface area contributed by atoms with E-state index in [1.807, 2.05) is 6.92 Å². The smallest absolute Gasteiger partial charge is 0.296 e. The number of halogens is 2. The third kappa shape index (κ3) is 3.04. The molecule has 2 rings (SSSR count). The predicted molar refractivity (Wildman–Crippen MR) is 69.1 cm³/mol. The number of aromatic amines is 1. The lowest BCUT2D eigenvalue weighted by Crippen LogP contribution is -1.98. The summed E-state index contributed by atoms with van der Waals surface area (Å²) < 4.78 is 35.7. The van der Waals surface area contributed by atoms with Crippen LogP contribution in [0.3, 0.4) is 0 Å². The fourth-order valence-electron chi connectivity index (χ4n) is 1.64. The van der Waals surface area contributed by atoms with Gasteiger partial charge in [-0.25, -0.2) is 13.8 Å². The lowest BCUT2D eigenvalue weighted by atomic mass is 10.2. The molecule has 0 spiro atoms. The maximum Gasteiger partial charge on any atom is 0.296 e. The molecule has 1 aromatic carbocycles. The van der Waals surface area contributed by atoms with Gasteiger partial charge in [-0.15, -0.1) is 0 Å². The second-order valence-electron chi connectivity index (χ2n) is 4.06. The Morgan fingerprint density at radius 1 is 1.30 bits per heavy atom. The fourth-order valence-corrected chi connectivity index (χ4v) is 1.64. The van der Waals surface area contributed by atoms with Crippen molar-refractivity contribution >= 4 is 0 Å². The molecule has 1 aromatic heterocycles. The monoisotopic (exact) mass is 283 g/mol. The first kappa shape index (κ1) is 14.2. The highest BCUT2D eigenvalue weighted by Gasteiger charge is 2.15. The van der Waals surface area contributed by atoms with Gasteiger partial charge in [0.05, 0.1) is 13.7 Å². The zero-order chi connectivity index (χ0) is 14.5. The van der Waals surface area contributed by atoms with Crippen molar-refractivity contribution in [1.82, 2.24) is 15.2 Å². The Bertz CT molecular complexity index is 572. The van der Waals surface area contributed by atoms with E-state index in [0.29, 0.717) is 23.7 Å². The number of alkyl halides is 2. The van der Waals surface area contributed by atoms with Crippen LogP contribution in [0.5, 0.6) is 11.5 Å². The molecule has 0 aliphatic carbocycles. The first-order valence-electron chi connectivity index (χ1n) is 6.17. The van der Waals surface area contributed by atoms with Gasteiger partial charge in [-0.1, -0.05) is 6.92 Å². The van der Waals surface area contributed by atoms with Crippen molar-refractivity contribution in [3.05, 3.63) is 24.0 Å². The van der Waals surface area contributed by atoms with Crippen molar-refractivity contribution in [2.75, 3.05) is 13.7 Å². The molecule has 0 radical (unpaired) electrons. The molecule has 20 heavy (non-hydrogen) atoms. The van der Waals surface area contributed by atoms with Crippen LogP contribution in [0.1, 0.15) is 25.6 Å². The summed E-state index contributed by atoms with van der Waals surface area (Å²) in [4.78, 5) is 3.73. The fraction of sp³-hybridized carbons (Fsp3) is 0.385. The minimum Gasteiger partial charge on any atom is -0.493 e. The Morgan fingerprint density at radius 2 is 2.10 bits per heavy atom. The molecule has 0 saturated carbocycles. The summed E-state index contributed by atoms with van der Waals surface area (Å²) in [7, 11) is 1.51. The van der Waals surface area contributed by atoms with Gasteiger partial charge in [0.1, 0.15) is 0 Å². The van der Waals surface area contributed by atoms with Crippen molar-refractivity contribution < 1.29 is 18.3 Å². The standard InChI is InChI=1S/C13H15F2N3O2/c1-3-6-20-9-5-4-8(7-10(9)19-2)12-16-13(11(14)15)18-17-12/h4-5,7,11H,3,6H2,1-2H3,(H,16,17,18). The van der Waals surface area contributed by atoms with Crippen LogP contribution in [0.2, 0.25) is 0 Å². The SMILES string of the molecule is CCCOc1ccc(-c2n[nH]c(C(F)F)n2)cc1OC. The summed E-state index contributed by atoms with van der Waals surface area (Å²) in [5.41, 5.74) is 0.578. The normalized spacial score (nSPS) is 10.8. The van der Waals surface area contributed by atoms with Crippen molar-refractivity contribution in [1.29, 1.82) is 0 Å². The molecule has 0 bridgehead atoms. The number of hydrogen-bond acceptors (Lipinski definition) is 4. The van der Waals surface area contributed by atoms with Gasteiger partial charge in [-0.2, -0.15) is 5.10 Å². The van der Waals surface area contributed by atoms with Crippen LogP contribution in [0.4, 0.5) is 8.78 Å². The van der Waals surface area contributed by atoms with Gasteiger partial charge in [0, 0.05) is 5.56 Å². The van der Waals surface area contributed by atoms with Crippen molar-refractivity contribution in [2.24, 2.45) is 0 Å². The van der Waals surface area contributed by atoms with Crippen molar-refractivity contribution in [3.63, 3.8) is 0 Å². The number of aromatic nitrogens is 3. The first-order valence-corrected chi connectivity index (χ1v) is 6.17. The molecule has 2 aromatic rings. The molecule has 1 heterocycles. The van der Waals surface area contributed by atoms with E-state index in [0.717, 1.165) is 6.42 Å². The van der Waals surface area contributed by atoms with E-state index >= 15 is 0 Å². The Hall–Kier alpha value is -2.18. The molecule has 0 aliphatic heterocycles. The number of ether oxygens (including phenoxy) is 2. The number of hydrogen-bond donors (Lipinski definition) is 1. The van der Waals surface area contributed by atoms with Crippen LogP contribution in [0.15, 0.2) is 18.2 Å². The highest BCUT2D eigenvalue weighted by atomic mass is 19.3. The van der Waals surface area contributed by atoms with Crippen LogP contribution >= 0.6 is 0 Å². The molecular weight excluding hydrogens is 268 g/mol. The van der Waals surface area contributed by atoms with Gasteiger partial charge < -0.3 is 9.47 Å². The van der Waals surface area contributed by atoms with Gasteiger partial charge in [-0.3, -0.25) is 5.10 Å². The maximum absolute atomic E-state index is 12.5. The number of rotatable bonds is 6. The summed E-state index contributed by atoms with van der Waals surface area (Å²) in [5.74, 6) is 0.855. The van der Waals surface area contributed by atoms with Gasteiger partial charge in [0.15, 0.2) is 23.1 Å². The van der Waals surface area contributed by atoms with E-state index in [1.165, 1.54) is 7.11 Å². The number of benzene rings is 1. The Morgan fingerprint density at radius 3 is 2.70 bits per heavy atom. The highest BCUT2D eigenvalue weighted by Crippen LogP contribution is 2.31. The van der Waals surface area contributed by atoms with E-state index in [-0.39, 0.29) is 5.82 Å². The van der Waals surface area contributed by atoms with Crippen LogP contribution in [-0.4, -0.2) is 28.9 Å². The molecule has 0 fully saturated rings. The molecular formula is C13H15F2N3O2. The van der Waals surface area contributed by atoms with E-state index < -0.39 is 12.2 Å². The maximum atomic E-state index is 12.5. The summed E-state index contributed by atoms with van der Waals surface area (Å²) >= 11 is 0. The Kier molecular flexibility index (Phi) is 4.49. The number of methoxy groups -OCH3 is 1. The molecule has 5 nitrogen and oxygen atoms in total. The molecule has 0 atom stereocenters. The van der Waals surface area contributed by atoms with E-state index in [1.54, 1.807) is 18.2 Å². The molecule has 0 saturated heterocycles. The zero-order valence-electron chi connectivity index (χ0n) is 11.2. The number of H-pyrrole nitrogens is 1. The summed E-state index contributed by atoms with van der Waals surface area (Å²) in [6, 6.07) is 5.07. The van der Waals surface area contributed by atoms with Crippen LogP contribution in [0.25, 0.3) is 11.4 Å². The lowest BCUT2D eigenvalue weighted by Gasteiger charge is -2.10. The quantitative estimate of drug-likeness (QED) is 0.884. The van der Waals surface area contributed by atoms with Gasteiger partial charge >= 0.3 is 0 Å². The highest BCUT2D eigenvalue weighted by molar-refractivity contribution is 5.60. The lowest BCUT2D eigenvalue weighted by molar-refractivity contribution is 0.141. The van der Waals surface area contributed by atoms with Gasteiger partial charge in [0.25, 0.3) is 6.43 Å². The van der Waals surface area contributed by atoms with Crippen LogP contribution in [0, 0.1) is 0 Å². The summed E-state index contributed by atoms with van der Waals surface area (Å²) in [6.45, 7) is 2.58. The van der Waals surface area contributed by atoms with E-state index in [9.17, 15) is 8.78 Å². The van der Waals surface area contributed by atoms with Crippen molar-refractivity contribution in [3.8, 4) is 22.9 Å². The first-order chi connectivity index (χ1) is 9.65. The number of nitrogens with zero attached hydrogens (tertiary/aromatic N) is 2. The van der Waals surface area contributed by atoms with Gasteiger partial charge in [-0.05, 0) is 24.6 Å². The number of nitrogens with one attached hydrogen (secondary N) is 1. The second-order valence-corrected chi connectivity index (χ2v) is 4.06.